The lowest BCUT2D eigenvalue weighted by Crippen LogP contribution is -2.41. The van der Waals surface area contributed by atoms with Crippen LogP contribution >= 0.6 is 0 Å². The summed E-state index contributed by atoms with van der Waals surface area (Å²) >= 11 is 0. The van der Waals surface area contributed by atoms with Gasteiger partial charge in [-0.3, -0.25) is 4.68 Å². The summed E-state index contributed by atoms with van der Waals surface area (Å²) in [4.78, 5) is 0. The van der Waals surface area contributed by atoms with Gasteiger partial charge in [-0.2, -0.15) is 4.31 Å². The third-order valence-electron chi connectivity index (χ3n) is 5.47. The highest BCUT2D eigenvalue weighted by Gasteiger charge is 2.53. The zero-order chi connectivity index (χ0) is 20.0. The van der Waals surface area contributed by atoms with Gasteiger partial charge in [-0.1, -0.05) is 5.21 Å². The van der Waals surface area contributed by atoms with Gasteiger partial charge in [-0.25, -0.2) is 12.8 Å². The Kier molecular flexibility index (Phi) is 5.26. The molecule has 1 atom stereocenters. The van der Waals surface area contributed by atoms with E-state index in [0.717, 1.165) is 12.8 Å². The van der Waals surface area contributed by atoms with Crippen LogP contribution in [-0.4, -0.2) is 64.9 Å². The zero-order valence-corrected chi connectivity index (χ0v) is 17.2. The Morgan fingerprint density at radius 3 is 2.59 bits per heavy atom. The van der Waals surface area contributed by atoms with E-state index in [-0.39, 0.29) is 6.04 Å². The Morgan fingerprint density at radius 1 is 1.37 bits per heavy atom. The third kappa shape index (κ3) is 4.26. The summed E-state index contributed by atoms with van der Waals surface area (Å²) in [6.45, 7) is 8.31. The molecule has 1 aromatic rings. The van der Waals surface area contributed by atoms with Crippen LogP contribution in [0.1, 0.15) is 46.2 Å². The van der Waals surface area contributed by atoms with Gasteiger partial charge in [-0.15, -0.1) is 5.10 Å². The molecule has 0 aromatic carbocycles. The fraction of sp³-hybridized carbons (Fsp3) is 0.750. The van der Waals surface area contributed by atoms with Crippen LogP contribution in [0.3, 0.4) is 0 Å². The smallest absolute Gasteiger partial charge is 0.398 e. The van der Waals surface area contributed by atoms with Crippen molar-refractivity contribution in [1.29, 1.82) is 0 Å². The van der Waals surface area contributed by atoms with Gasteiger partial charge in [0.1, 0.15) is 11.4 Å². The molecule has 3 heterocycles. The normalized spacial score (nSPS) is 26.1. The van der Waals surface area contributed by atoms with Crippen molar-refractivity contribution in [1.82, 2.24) is 19.3 Å². The lowest BCUT2D eigenvalue weighted by Gasteiger charge is -2.32. The molecule has 2 aliphatic rings. The Balaban J connectivity index is 1.68. The summed E-state index contributed by atoms with van der Waals surface area (Å²) in [6, 6.07) is -0.161. The largest absolute Gasteiger partial charge is 0.525 e. The lowest BCUT2D eigenvalue weighted by atomic mass is 9.87. The van der Waals surface area contributed by atoms with Crippen LogP contribution in [0.25, 0.3) is 6.08 Å². The van der Waals surface area contributed by atoms with Gasteiger partial charge in [0.15, 0.2) is 0 Å². The molecule has 27 heavy (non-hydrogen) atoms. The maximum absolute atomic E-state index is 14.6. The molecule has 0 spiro atoms. The second-order valence-corrected chi connectivity index (χ2v) is 10.1. The maximum atomic E-state index is 14.6. The fourth-order valence-corrected chi connectivity index (χ4v) is 4.45. The Hall–Kier alpha value is -1.30. The van der Waals surface area contributed by atoms with Gasteiger partial charge in [0.25, 0.3) is 0 Å². The second-order valence-electron chi connectivity index (χ2n) is 8.15. The molecular weight excluding hydrogens is 374 g/mol. The molecule has 1 aromatic heterocycles. The fourth-order valence-electron chi connectivity index (χ4n) is 3.28. The Morgan fingerprint density at radius 2 is 2.00 bits per heavy atom. The van der Waals surface area contributed by atoms with Crippen molar-refractivity contribution >= 4 is 23.2 Å². The minimum absolute atomic E-state index is 0.161. The molecule has 3 rings (SSSR count). The summed E-state index contributed by atoms with van der Waals surface area (Å²) < 4.78 is 52.6. The SMILES string of the molecule is CC1(C)OB(C(F)=Cc2cn(CC3CCCN3S(C)(=O)=O)nn2)OC1(C)C. The van der Waals surface area contributed by atoms with E-state index in [1.165, 1.54) is 21.3 Å². The first-order valence-electron chi connectivity index (χ1n) is 8.99. The van der Waals surface area contributed by atoms with E-state index in [1.54, 1.807) is 6.20 Å². The quantitative estimate of drug-likeness (QED) is 0.699. The molecule has 2 saturated heterocycles. The summed E-state index contributed by atoms with van der Waals surface area (Å²) in [5, 5.41) is 7.93. The van der Waals surface area contributed by atoms with Crippen LogP contribution in [-0.2, 0) is 25.9 Å². The van der Waals surface area contributed by atoms with Gasteiger partial charge in [0.2, 0.25) is 10.0 Å². The first-order valence-corrected chi connectivity index (χ1v) is 10.8. The molecule has 0 aliphatic carbocycles. The van der Waals surface area contributed by atoms with Gasteiger partial charge >= 0.3 is 7.12 Å². The summed E-state index contributed by atoms with van der Waals surface area (Å²) in [6.07, 6.45) is 5.61. The zero-order valence-electron chi connectivity index (χ0n) is 16.3. The van der Waals surface area contributed by atoms with Crippen LogP contribution in [0.5, 0.6) is 0 Å². The van der Waals surface area contributed by atoms with E-state index >= 15 is 0 Å². The van der Waals surface area contributed by atoms with E-state index in [0.29, 0.717) is 18.8 Å². The van der Waals surface area contributed by atoms with E-state index in [4.69, 9.17) is 9.31 Å². The maximum Gasteiger partial charge on any atom is 0.525 e. The van der Waals surface area contributed by atoms with Crippen LogP contribution in [0.4, 0.5) is 4.39 Å². The molecule has 0 amide bonds. The van der Waals surface area contributed by atoms with Gasteiger partial charge in [0, 0.05) is 12.6 Å². The van der Waals surface area contributed by atoms with E-state index in [1.807, 2.05) is 27.7 Å². The Bertz CT molecular complexity index is 823. The van der Waals surface area contributed by atoms with Crippen LogP contribution in [0.15, 0.2) is 11.9 Å². The average molecular weight is 400 g/mol. The van der Waals surface area contributed by atoms with Gasteiger partial charge < -0.3 is 9.31 Å². The minimum Gasteiger partial charge on any atom is -0.398 e. The number of halogens is 1. The van der Waals surface area contributed by atoms with E-state index in [2.05, 4.69) is 10.3 Å². The molecule has 0 bridgehead atoms. The molecule has 8 nitrogen and oxygen atoms in total. The number of aromatic nitrogens is 3. The molecule has 1 unspecified atom stereocenters. The average Bonchev–Trinajstić information content (AvgIpc) is 3.19. The molecule has 11 heteroatoms. The van der Waals surface area contributed by atoms with Crippen molar-refractivity contribution in [2.24, 2.45) is 0 Å². The number of sulfonamides is 1. The number of hydrogen-bond donors (Lipinski definition) is 0. The third-order valence-corrected chi connectivity index (χ3v) is 6.80. The monoisotopic (exact) mass is 400 g/mol. The second kappa shape index (κ2) is 6.95. The molecule has 150 valence electrons. The number of nitrogens with zero attached hydrogens (tertiary/aromatic N) is 4. The highest BCUT2D eigenvalue weighted by atomic mass is 32.2. The van der Waals surface area contributed by atoms with Gasteiger partial charge in [0.05, 0.1) is 30.2 Å². The van der Waals surface area contributed by atoms with Crippen LogP contribution in [0.2, 0.25) is 0 Å². The van der Waals surface area contributed by atoms with Crippen LogP contribution < -0.4 is 0 Å². The van der Waals surface area contributed by atoms with Crippen molar-refractivity contribution in [2.45, 2.75) is 64.3 Å². The molecule has 2 aliphatic heterocycles. The van der Waals surface area contributed by atoms with Crippen molar-refractivity contribution in [2.75, 3.05) is 12.8 Å². The molecule has 0 saturated carbocycles. The van der Waals surface area contributed by atoms with Crippen molar-refractivity contribution in [3.63, 3.8) is 0 Å². The Labute approximate surface area is 159 Å². The lowest BCUT2D eigenvalue weighted by molar-refractivity contribution is 0.00578. The van der Waals surface area contributed by atoms with Crippen LogP contribution in [0, 0.1) is 0 Å². The summed E-state index contributed by atoms with van der Waals surface area (Å²) in [7, 11) is -4.34. The number of rotatable bonds is 5. The molecule has 0 radical (unpaired) electrons. The standard InChI is InChI=1S/C16H26BFN4O4S/c1-15(2)16(3,4)26-17(25-15)14(18)9-12-10-21(20-19-12)11-13-7-6-8-22(13)27(5,23)24/h9-10,13H,6-8,11H2,1-5H3. The van der Waals surface area contributed by atoms with E-state index < -0.39 is 34.1 Å². The van der Waals surface area contributed by atoms with Crippen molar-refractivity contribution in [3.8, 4) is 0 Å². The number of hydrogen-bond acceptors (Lipinski definition) is 6. The predicted molar refractivity (Wildman–Crippen MR) is 99.8 cm³/mol. The first kappa shape index (κ1) is 20.4. The summed E-state index contributed by atoms with van der Waals surface area (Å²) in [5.74, 6) is 0. The topological polar surface area (TPSA) is 86.6 Å². The molecule has 0 N–H and O–H groups in total. The highest BCUT2D eigenvalue weighted by Crippen LogP contribution is 2.39. The molecular formula is C16H26BFN4O4S. The first-order chi connectivity index (χ1) is 12.4. The van der Waals surface area contributed by atoms with Crippen molar-refractivity contribution < 1.29 is 22.1 Å². The minimum atomic E-state index is -3.25. The predicted octanol–water partition coefficient (Wildman–Crippen LogP) is 1.64. The van der Waals surface area contributed by atoms with Gasteiger partial charge in [-0.05, 0) is 46.6 Å². The van der Waals surface area contributed by atoms with E-state index in [9.17, 15) is 12.8 Å². The summed E-state index contributed by atoms with van der Waals surface area (Å²) in [5.41, 5.74) is -1.51. The van der Waals surface area contributed by atoms with Crippen molar-refractivity contribution in [3.05, 3.63) is 17.6 Å². The highest BCUT2D eigenvalue weighted by molar-refractivity contribution is 7.88. The molecule has 2 fully saturated rings.